The first-order valence-corrected chi connectivity index (χ1v) is 8.73. The molecule has 0 saturated heterocycles. The molecule has 0 radical (unpaired) electrons. The van der Waals surface area contributed by atoms with Crippen molar-refractivity contribution < 1.29 is 0 Å². The number of nitrogens with one attached hydrogen (secondary N) is 1. The first-order valence-electron chi connectivity index (χ1n) is 7.85. The van der Waals surface area contributed by atoms with Crippen LogP contribution in [0.25, 0.3) is 21.3 Å². The van der Waals surface area contributed by atoms with E-state index in [1.807, 2.05) is 6.07 Å². The van der Waals surface area contributed by atoms with Gasteiger partial charge in [0, 0.05) is 16.6 Å². The first-order chi connectivity index (χ1) is 11.7. The molecule has 0 unspecified atom stereocenters. The number of aromatic nitrogens is 2. The maximum Gasteiger partial charge on any atom is 0.143 e. The zero-order chi connectivity index (χ0) is 16.5. The molecule has 0 aliphatic carbocycles. The minimum atomic E-state index is 0.855. The van der Waals surface area contributed by atoms with Crippen LogP contribution >= 0.6 is 11.3 Å². The summed E-state index contributed by atoms with van der Waals surface area (Å²) in [7, 11) is 0. The van der Waals surface area contributed by atoms with Gasteiger partial charge in [-0.05, 0) is 36.6 Å². The Labute approximate surface area is 145 Å². The summed E-state index contributed by atoms with van der Waals surface area (Å²) >= 11 is 1.65. The number of rotatable bonds is 3. The SMILES string of the molecule is Cc1cccc(Nc2ncnc3scc(-c4ccccc4)c23)c1C. The van der Waals surface area contributed by atoms with E-state index >= 15 is 0 Å². The summed E-state index contributed by atoms with van der Waals surface area (Å²) in [4.78, 5) is 9.95. The number of hydrogen-bond acceptors (Lipinski definition) is 4. The number of fused-ring (bicyclic) bond motifs is 1. The van der Waals surface area contributed by atoms with Crippen LogP contribution in [0.3, 0.4) is 0 Å². The number of aryl methyl sites for hydroxylation is 1. The number of benzene rings is 2. The van der Waals surface area contributed by atoms with E-state index in [-0.39, 0.29) is 0 Å². The number of hydrogen-bond donors (Lipinski definition) is 1. The van der Waals surface area contributed by atoms with E-state index in [0.29, 0.717) is 0 Å². The molecule has 2 aromatic heterocycles. The van der Waals surface area contributed by atoms with Crippen LogP contribution in [0, 0.1) is 13.8 Å². The molecule has 0 fully saturated rings. The largest absolute Gasteiger partial charge is 0.339 e. The second-order valence-corrected chi connectivity index (χ2v) is 6.65. The standard InChI is InChI=1S/C20H17N3S/c1-13-7-6-10-17(14(13)2)23-19-18-16(15-8-4-3-5-9-15)11-24-20(18)22-12-21-19/h3-12H,1-2H3,(H,21,22,23). The quantitative estimate of drug-likeness (QED) is 0.522. The van der Waals surface area contributed by atoms with Crippen molar-refractivity contribution in [3.63, 3.8) is 0 Å². The molecular formula is C20H17N3S. The van der Waals surface area contributed by atoms with Crippen LogP contribution in [0.15, 0.2) is 60.2 Å². The lowest BCUT2D eigenvalue weighted by Crippen LogP contribution is -1.98. The third-order valence-corrected chi connectivity index (χ3v) is 5.20. The lowest BCUT2D eigenvalue weighted by Gasteiger charge is -2.12. The molecule has 0 atom stereocenters. The van der Waals surface area contributed by atoms with Crippen molar-refractivity contribution in [1.82, 2.24) is 9.97 Å². The van der Waals surface area contributed by atoms with Gasteiger partial charge in [0.15, 0.2) is 0 Å². The molecule has 118 valence electrons. The normalized spacial score (nSPS) is 10.9. The third-order valence-electron chi connectivity index (χ3n) is 4.31. The molecular weight excluding hydrogens is 314 g/mol. The minimum Gasteiger partial charge on any atom is -0.339 e. The highest BCUT2D eigenvalue weighted by Gasteiger charge is 2.13. The van der Waals surface area contributed by atoms with Crippen LogP contribution in [0.2, 0.25) is 0 Å². The van der Waals surface area contributed by atoms with Gasteiger partial charge in [-0.15, -0.1) is 11.3 Å². The Bertz CT molecular complexity index is 1010. The van der Waals surface area contributed by atoms with Gasteiger partial charge in [-0.25, -0.2) is 9.97 Å². The van der Waals surface area contributed by atoms with Crippen LogP contribution in [0.4, 0.5) is 11.5 Å². The van der Waals surface area contributed by atoms with Gasteiger partial charge < -0.3 is 5.32 Å². The summed E-state index contributed by atoms with van der Waals surface area (Å²) in [5, 5.41) is 6.74. The van der Waals surface area contributed by atoms with E-state index in [0.717, 1.165) is 21.7 Å². The van der Waals surface area contributed by atoms with Gasteiger partial charge in [-0.2, -0.15) is 0 Å². The maximum atomic E-state index is 4.52. The Morgan fingerprint density at radius 1 is 0.917 bits per heavy atom. The molecule has 24 heavy (non-hydrogen) atoms. The minimum absolute atomic E-state index is 0.855. The molecule has 0 aliphatic rings. The summed E-state index contributed by atoms with van der Waals surface area (Å²) in [5.41, 5.74) is 5.94. The van der Waals surface area contributed by atoms with Crippen molar-refractivity contribution in [2.75, 3.05) is 5.32 Å². The van der Waals surface area contributed by atoms with Crippen LogP contribution in [-0.4, -0.2) is 9.97 Å². The lowest BCUT2D eigenvalue weighted by molar-refractivity contribution is 1.22. The fourth-order valence-electron chi connectivity index (χ4n) is 2.81. The average Bonchev–Trinajstić information content (AvgIpc) is 3.05. The Kier molecular flexibility index (Phi) is 3.75. The molecule has 4 heteroatoms. The third kappa shape index (κ3) is 2.55. The molecule has 0 amide bonds. The van der Waals surface area contributed by atoms with E-state index in [1.165, 1.54) is 22.3 Å². The van der Waals surface area contributed by atoms with E-state index in [1.54, 1.807) is 17.7 Å². The number of nitrogens with zero attached hydrogens (tertiary/aromatic N) is 2. The summed E-state index contributed by atoms with van der Waals surface area (Å²) in [6.45, 7) is 4.25. The van der Waals surface area contributed by atoms with E-state index < -0.39 is 0 Å². The molecule has 0 bridgehead atoms. The number of anilines is 2. The summed E-state index contributed by atoms with van der Waals surface area (Å²) < 4.78 is 0. The zero-order valence-electron chi connectivity index (χ0n) is 13.6. The Morgan fingerprint density at radius 3 is 2.58 bits per heavy atom. The van der Waals surface area contributed by atoms with Crippen LogP contribution in [0.1, 0.15) is 11.1 Å². The van der Waals surface area contributed by atoms with Crippen LogP contribution in [-0.2, 0) is 0 Å². The maximum absolute atomic E-state index is 4.52. The van der Waals surface area contributed by atoms with Gasteiger partial charge in [-0.1, -0.05) is 42.5 Å². The predicted molar refractivity (Wildman–Crippen MR) is 102 cm³/mol. The Morgan fingerprint density at radius 2 is 1.75 bits per heavy atom. The van der Waals surface area contributed by atoms with Gasteiger partial charge in [0.05, 0.1) is 5.39 Å². The fourth-order valence-corrected chi connectivity index (χ4v) is 3.73. The van der Waals surface area contributed by atoms with Crippen LogP contribution < -0.4 is 5.32 Å². The van der Waals surface area contributed by atoms with Crippen molar-refractivity contribution >= 4 is 33.1 Å². The van der Waals surface area contributed by atoms with Gasteiger partial charge >= 0.3 is 0 Å². The fraction of sp³-hybridized carbons (Fsp3) is 0.100. The number of thiophene rings is 1. The lowest BCUT2D eigenvalue weighted by atomic mass is 10.1. The molecule has 0 spiro atoms. The predicted octanol–water partition coefficient (Wildman–Crippen LogP) is 5.72. The van der Waals surface area contributed by atoms with Gasteiger partial charge in [0.1, 0.15) is 17.0 Å². The molecule has 1 N–H and O–H groups in total. The highest BCUT2D eigenvalue weighted by atomic mass is 32.1. The smallest absolute Gasteiger partial charge is 0.143 e. The summed E-state index contributed by atoms with van der Waals surface area (Å²) in [5.74, 6) is 0.855. The van der Waals surface area contributed by atoms with E-state index in [9.17, 15) is 0 Å². The highest BCUT2D eigenvalue weighted by Crippen LogP contribution is 2.37. The van der Waals surface area contributed by atoms with E-state index in [4.69, 9.17) is 0 Å². The molecule has 0 saturated carbocycles. The molecule has 3 nitrogen and oxygen atoms in total. The van der Waals surface area contributed by atoms with E-state index in [2.05, 4.69) is 77.0 Å². The van der Waals surface area contributed by atoms with Gasteiger partial charge in [0.2, 0.25) is 0 Å². The first kappa shape index (κ1) is 14.8. The van der Waals surface area contributed by atoms with Gasteiger partial charge in [0.25, 0.3) is 0 Å². The zero-order valence-corrected chi connectivity index (χ0v) is 14.4. The molecule has 4 rings (SSSR count). The second-order valence-electron chi connectivity index (χ2n) is 5.79. The Balaban J connectivity index is 1.87. The molecule has 0 aliphatic heterocycles. The van der Waals surface area contributed by atoms with Crippen molar-refractivity contribution in [3.05, 3.63) is 71.4 Å². The molecule has 2 heterocycles. The second kappa shape index (κ2) is 6.06. The van der Waals surface area contributed by atoms with Crippen LogP contribution in [0.5, 0.6) is 0 Å². The molecule has 4 aromatic rings. The molecule has 2 aromatic carbocycles. The highest BCUT2D eigenvalue weighted by molar-refractivity contribution is 7.17. The van der Waals surface area contributed by atoms with Crippen molar-refractivity contribution in [1.29, 1.82) is 0 Å². The van der Waals surface area contributed by atoms with Gasteiger partial charge in [-0.3, -0.25) is 0 Å². The average molecular weight is 331 g/mol. The Hall–Kier alpha value is -2.72. The monoisotopic (exact) mass is 331 g/mol. The summed E-state index contributed by atoms with van der Waals surface area (Å²) in [6, 6.07) is 16.7. The summed E-state index contributed by atoms with van der Waals surface area (Å²) in [6.07, 6.45) is 1.63. The topological polar surface area (TPSA) is 37.8 Å². The van der Waals surface area contributed by atoms with Crippen molar-refractivity contribution in [3.8, 4) is 11.1 Å². The van der Waals surface area contributed by atoms with Crippen molar-refractivity contribution in [2.45, 2.75) is 13.8 Å². The van der Waals surface area contributed by atoms with Crippen molar-refractivity contribution in [2.24, 2.45) is 0 Å².